The first kappa shape index (κ1) is 19.5. The fraction of sp³-hybridized carbons (Fsp3) is 0.333. The van der Waals surface area contributed by atoms with Crippen LogP contribution in [0.1, 0.15) is 39.0 Å². The Morgan fingerprint density at radius 3 is 2.12 bits per heavy atom. The summed E-state index contributed by atoms with van der Waals surface area (Å²) in [6, 6.07) is 10.7. The molecule has 0 fully saturated rings. The maximum Gasteiger partial charge on any atom is 0.335 e. The molecule has 5 nitrogen and oxygen atoms in total. The highest BCUT2D eigenvalue weighted by atomic mass is 16.5. The molecule has 0 aliphatic heterocycles. The molecule has 0 bridgehead atoms. The molecule has 2 aromatic carbocycles. The second-order valence-corrected chi connectivity index (χ2v) is 6.51. The second kappa shape index (κ2) is 8.52. The van der Waals surface area contributed by atoms with Crippen LogP contribution in [0, 0.1) is 13.8 Å². The van der Waals surface area contributed by atoms with Gasteiger partial charge < -0.3 is 14.7 Å². The van der Waals surface area contributed by atoms with Gasteiger partial charge in [0.2, 0.25) is 5.91 Å². The zero-order valence-electron chi connectivity index (χ0n) is 15.7. The first-order valence-electron chi connectivity index (χ1n) is 8.52. The van der Waals surface area contributed by atoms with Gasteiger partial charge in [-0.2, -0.15) is 0 Å². The van der Waals surface area contributed by atoms with E-state index in [0.29, 0.717) is 19.4 Å². The third kappa shape index (κ3) is 4.85. The molecule has 0 saturated carbocycles. The predicted octanol–water partition coefficient (Wildman–Crippen LogP) is 3.60. The molecule has 0 spiro atoms. The van der Waals surface area contributed by atoms with Crippen molar-refractivity contribution in [1.82, 2.24) is 4.90 Å². The third-order valence-corrected chi connectivity index (χ3v) is 4.40. The van der Waals surface area contributed by atoms with Gasteiger partial charge in [-0.25, -0.2) is 4.79 Å². The van der Waals surface area contributed by atoms with Gasteiger partial charge in [-0.1, -0.05) is 24.3 Å². The van der Waals surface area contributed by atoms with Gasteiger partial charge in [-0.05, 0) is 54.7 Å². The van der Waals surface area contributed by atoms with Crippen molar-refractivity contribution in [1.29, 1.82) is 0 Å². The van der Waals surface area contributed by atoms with Crippen molar-refractivity contribution in [3.8, 4) is 5.75 Å². The van der Waals surface area contributed by atoms with E-state index in [-0.39, 0.29) is 11.5 Å². The first-order chi connectivity index (χ1) is 12.3. The van der Waals surface area contributed by atoms with Crippen molar-refractivity contribution in [3.63, 3.8) is 0 Å². The summed E-state index contributed by atoms with van der Waals surface area (Å²) < 4.78 is 5.38. The zero-order chi connectivity index (χ0) is 19.3. The maximum atomic E-state index is 12.4. The molecule has 0 aliphatic carbocycles. The van der Waals surface area contributed by atoms with Gasteiger partial charge in [0.25, 0.3) is 0 Å². The molecule has 0 unspecified atom stereocenters. The summed E-state index contributed by atoms with van der Waals surface area (Å²) in [6.45, 7) is 4.54. The van der Waals surface area contributed by atoms with Gasteiger partial charge in [0.15, 0.2) is 0 Å². The number of aryl methyl sites for hydroxylation is 3. The maximum absolute atomic E-state index is 12.4. The summed E-state index contributed by atoms with van der Waals surface area (Å²) in [5.41, 5.74) is 4.39. The van der Waals surface area contributed by atoms with E-state index >= 15 is 0 Å². The molecule has 2 aromatic rings. The molecule has 1 amide bonds. The molecular formula is C21H25NO4. The van der Waals surface area contributed by atoms with E-state index in [0.717, 1.165) is 28.0 Å². The Bertz CT molecular complexity index is 773. The fourth-order valence-electron chi connectivity index (χ4n) is 3.07. The third-order valence-electron chi connectivity index (χ3n) is 4.40. The summed E-state index contributed by atoms with van der Waals surface area (Å²) in [6.07, 6.45) is 0.973. The summed E-state index contributed by atoms with van der Waals surface area (Å²) in [5.74, 6) is -0.0107. The topological polar surface area (TPSA) is 66.8 Å². The number of rotatable bonds is 7. The van der Waals surface area contributed by atoms with Crippen LogP contribution in [-0.4, -0.2) is 36.0 Å². The molecular weight excluding hydrogens is 330 g/mol. The number of benzene rings is 2. The number of hydrogen-bond donors (Lipinski definition) is 1. The minimum absolute atomic E-state index is 0.0541. The van der Waals surface area contributed by atoms with Crippen molar-refractivity contribution in [3.05, 3.63) is 64.2 Å². The van der Waals surface area contributed by atoms with Crippen molar-refractivity contribution < 1.29 is 19.4 Å². The van der Waals surface area contributed by atoms with E-state index in [2.05, 4.69) is 0 Å². The summed E-state index contributed by atoms with van der Waals surface area (Å²) >= 11 is 0. The standard InChI is InChI=1S/C21H25NO4/c1-14-11-17(12-15(2)20(14)26-4)13-22(3)19(23)10-7-16-5-8-18(9-6-16)21(24)25/h5-6,8-9,11-12H,7,10,13H2,1-4H3,(H,24,25). The lowest BCUT2D eigenvalue weighted by Crippen LogP contribution is -2.26. The molecule has 5 heteroatoms. The van der Waals surface area contributed by atoms with Crippen LogP contribution in [0.25, 0.3) is 0 Å². The molecule has 0 aliphatic rings. The molecule has 0 saturated heterocycles. The Kier molecular flexibility index (Phi) is 6.39. The van der Waals surface area contributed by atoms with Crippen molar-refractivity contribution >= 4 is 11.9 Å². The van der Waals surface area contributed by atoms with Crippen LogP contribution in [0.4, 0.5) is 0 Å². The van der Waals surface area contributed by atoms with E-state index in [1.54, 1.807) is 43.3 Å². The fourth-order valence-corrected chi connectivity index (χ4v) is 3.07. The van der Waals surface area contributed by atoms with Crippen molar-refractivity contribution in [2.45, 2.75) is 33.2 Å². The zero-order valence-corrected chi connectivity index (χ0v) is 15.7. The van der Waals surface area contributed by atoms with Crippen LogP contribution in [0.3, 0.4) is 0 Å². The van der Waals surface area contributed by atoms with E-state index in [1.807, 2.05) is 26.0 Å². The molecule has 26 heavy (non-hydrogen) atoms. The number of carboxylic acids is 1. The average molecular weight is 355 g/mol. The Morgan fingerprint density at radius 1 is 1.04 bits per heavy atom. The largest absolute Gasteiger partial charge is 0.496 e. The SMILES string of the molecule is COc1c(C)cc(CN(C)C(=O)CCc2ccc(C(=O)O)cc2)cc1C. The van der Waals surface area contributed by atoms with Crippen LogP contribution in [0.5, 0.6) is 5.75 Å². The van der Waals surface area contributed by atoms with Gasteiger partial charge >= 0.3 is 5.97 Å². The molecule has 0 atom stereocenters. The number of carbonyl (C=O) groups is 2. The van der Waals surface area contributed by atoms with Gasteiger partial charge in [-0.3, -0.25) is 4.79 Å². The minimum Gasteiger partial charge on any atom is -0.496 e. The number of aromatic carboxylic acids is 1. The monoisotopic (exact) mass is 355 g/mol. The molecule has 1 N–H and O–H groups in total. The van der Waals surface area contributed by atoms with Gasteiger partial charge in [0, 0.05) is 20.0 Å². The Morgan fingerprint density at radius 2 is 1.62 bits per heavy atom. The van der Waals surface area contributed by atoms with Crippen molar-refractivity contribution in [2.75, 3.05) is 14.2 Å². The van der Waals surface area contributed by atoms with Crippen LogP contribution >= 0.6 is 0 Å². The lowest BCUT2D eigenvalue weighted by molar-refractivity contribution is -0.130. The van der Waals surface area contributed by atoms with Crippen LogP contribution in [0.15, 0.2) is 36.4 Å². The molecule has 2 rings (SSSR count). The van der Waals surface area contributed by atoms with E-state index in [4.69, 9.17) is 9.84 Å². The number of carboxylic acid groups (broad SMARTS) is 1. The molecule has 0 radical (unpaired) electrons. The molecule has 0 aromatic heterocycles. The summed E-state index contributed by atoms with van der Waals surface area (Å²) in [4.78, 5) is 25.0. The van der Waals surface area contributed by atoms with Crippen LogP contribution in [-0.2, 0) is 17.8 Å². The van der Waals surface area contributed by atoms with Crippen LogP contribution < -0.4 is 4.74 Å². The van der Waals surface area contributed by atoms with E-state index < -0.39 is 5.97 Å². The molecule has 138 valence electrons. The first-order valence-corrected chi connectivity index (χ1v) is 8.52. The Hall–Kier alpha value is -2.82. The summed E-state index contributed by atoms with van der Waals surface area (Å²) in [5, 5.41) is 8.91. The second-order valence-electron chi connectivity index (χ2n) is 6.51. The number of nitrogens with zero attached hydrogens (tertiary/aromatic N) is 1. The number of amides is 1. The van der Waals surface area contributed by atoms with Gasteiger partial charge in [0.05, 0.1) is 12.7 Å². The smallest absolute Gasteiger partial charge is 0.335 e. The van der Waals surface area contributed by atoms with E-state index in [1.165, 1.54) is 0 Å². The number of ether oxygens (including phenoxy) is 1. The predicted molar refractivity (Wildman–Crippen MR) is 101 cm³/mol. The summed E-state index contributed by atoms with van der Waals surface area (Å²) in [7, 11) is 3.46. The number of hydrogen-bond acceptors (Lipinski definition) is 3. The highest BCUT2D eigenvalue weighted by molar-refractivity contribution is 5.87. The Balaban J connectivity index is 1.94. The number of carbonyl (C=O) groups excluding carboxylic acids is 1. The highest BCUT2D eigenvalue weighted by Gasteiger charge is 2.12. The van der Waals surface area contributed by atoms with E-state index in [9.17, 15) is 9.59 Å². The quantitative estimate of drug-likeness (QED) is 0.824. The normalized spacial score (nSPS) is 10.5. The minimum atomic E-state index is -0.947. The van der Waals surface area contributed by atoms with Gasteiger partial charge in [-0.15, -0.1) is 0 Å². The molecule has 0 heterocycles. The average Bonchev–Trinajstić information content (AvgIpc) is 2.59. The highest BCUT2D eigenvalue weighted by Crippen LogP contribution is 2.25. The lowest BCUT2D eigenvalue weighted by Gasteiger charge is -2.19. The lowest BCUT2D eigenvalue weighted by atomic mass is 10.0. The number of methoxy groups -OCH3 is 1. The van der Waals surface area contributed by atoms with Gasteiger partial charge in [0.1, 0.15) is 5.75 Å². The Labute approximate surface area is 154 Å². The van der Waals surface area contributed by atoms with Crippen LogP contribution in [0.2, 0.25) is 0 Å². The van der Waals surface area contributed by atoms with Crippen molar-refractivity contribution in [2.24, 2.45) is 0 Å².